The topological polar surface area (TPSA) is 37.3 Å². The summed E-state index contributed by atoms with van der Waals surface area (Å²) in [4.78, 5) is 14.8. The number of hydrogen-bond acceptors (Lipinski definition) is 2. The molecule has 4 nitrogen and oxygen atoms in total. The van der Waals surface area contributed by atoms with Gasteiger partial charge in [-0.15, -0.1) is 0 Å². The van der Waals surface area contributed by atoms with Crippen molar-refractivity contribution in [1.29, 1.82) is 0 Å². The van der Waals surface area contributed by atoms with Crippen LogP contribution >= 0.6 is 0 Å². The molecule has 4 rings (SSSR count). The zero-order chi connectivity index (χ0) is 15.8. The van der Waals surface area contributed by atoms with Crippen LogP contribution in [0.3, 0.4) is 0 Å². The molecule has 2 aliphatic rings. The smallest absolute Gasteiger partial charge is 0.325 e. The Bertz CT molecular complexity index is 715. The lowest BCUT2D eigenvalue weighted by atomic mass is 9.97. The number of carbonyl (C=O) groups is 1. The summed E-state index contributed by atoms with van der Waals surface area (Å²) in [5, 5.41) is 3.10. The number of halogens is 1. The number of nitrogens with one attached hydrogen (secondary N) is 1. The highest BCUT2D eigenvalue weighted by molar-refractivity contribution is 5.79. The van der Waals surface area contributed by atoms with E-state index in [1.165, 1.54) is 23.6 Å². The Morgan fingerprint density at radius 1 is 1.22 bits per heavy atom. The molecule has 2 aromatic rings. The van der Waals surface area contributed by atoms with Gasteiger partial charge < -0.3 is 10.2 Å². The average molecular weight is 313 g/mol. The lowest BCUT2D eigenvalue weighted by Gasteiger charge is -2.30. The first-order valence-electron chi connectivity index (χ1n) is 8.15. The van der Waals surface area contributed by atoms with Crippen LogP contribution in [0.4, 0.5) is 9.18 Å². The molecule has 5 heteroatoms. The lowest BCUT2D eigenvalue weighted by Crippen LogP contribution is -2.47. The third kappa shape index (κ3) is 2.88. The lowest BCUT2D eigenvalue weighted by molar-refractivity contribution is 0.206. The first-order valence-corrected chi connectivity index (χ1v) is 8.15. The molecule has 1 aromatic carbocycles. The van der Waals surface area contributed by atoms with Crippen molar-refractivity contribution < 1.29 is 9.18 Å². The Balaban J connectivity index is 1.46. The van der Waals surface area contributed by atoms with E-state index in [1.807, 2.05) is 0 Å². The van der Waals surface area contributed by atoms with E-state index in [0.29, 0.717) is 17.0 Å². The van der Waals surface area contributed by atoms with Crippen LogP contribution in [-0.4, -0.2) is 41.2 Å². The summed E-state index contributed by atoms with van der Waals surface area (Å²) in [6.45, 7) is 3.26. The third-order valence-electron chi connectivity index (χ3n) is 4.91. The number of fused-ring (bicyclic) bond motifs is 2. The van der Waals surface area contributed by atoms with Gasteiger partial charge in [0.2, 0.25) is 0 Å². The van der Waals surface area contributed by atoms with E-state index in [0.717, 1.165) is 19.5 Å². The van der Waals surface area contributed by atoms with E-state index in [9.17, 15) is 9.18 Å². The van der Waals surface area contributed by atoms with E-state index in [4.69, 9.17) is 0 Å². The number of benzene rings is 1. The van der Waals surface area contributed by atoms with Crippen molar-refractivity contribution in [1.82, 2.24) is 14.8 Å². The number of rotatable bonds is 2. The summed E-state index contributed by atoms with van der Waals surface area (Å²) >= 11 is 0. The van der Waals surface area contributed by atoms with Gasteiger partial charge in [0.25, 0.3) is 0 Å². The van der Waals surface area contributed by atoms with Crippen LogP contribution in [-0.2, 0) is 0 Å². The fourth-order valence-corrected chi connectivity index (χ4v) is 3.79. The van der Waals surface area contributed by atoms with Gasteiger partial charge in [-0.25, -0.2) is 9.18 Å². The van der Waals surface area contributed by atoms with Crippen molar-refractivity contribution in [2.75, 3.05) is 19.6 Å². The minimum atomic E-state index is -0.276. The molecule has 3 heterocycles. The average Bonchev–Trinajstić information content (AvgIpc) is 3.15. The van der Waals surface area contributed by atoms with Gasteiger partial charge >= 0.3 is 6.03 Å². The van der Waals surface area contributed by atoms with Crippen LogP contribution in [0.5, 0.6) is 0 Å². The second-order valence-electron chi connectivity index (χ2n) is 6.58. The molecule has 0 radical (unpaired) electrons. The molecule has 2 saturated heterocycles. The highest BCUT2D eigenvalue weighted by atomic mass is 19.1. The second-order valence-corrected chi connectivity index (χ2v) is 6.58. The van der Waals surface area contributed by atoms with E-state index >= 15 is 0 Å². The molecule has 120 valence electrons. The first kappa shape index (κ1) is 14.5. The van der Waals surface area contributed by atoms with Gasteiger partial charge in [-0.2, -0.15) is 0 Å². The number of piperidine rings is 1. The molecule has 1 unspecified atom stereocenters. The Labute approximate surface area is 134 Å². The van der Waals surface area contributed by atoms with Crippen molar-refractivity contribution in [3.63, 3.8) is 0 Å². The molecule has 2 bridgehead atoms. The summed E-state index contributed by atoms with van der Waals surface area (Å²) < 4.78 is 15.3. The fourth-order valence-electron chi connectivity index (χ4n) is 3.79. The largest absolute Gasteiger partial charge is 0.333 e. The number of carbonyl (C=O) groups excluding carboxylic acids is 1. The van der Waals surface area contributed by atoms with Gasteiger partial charge in [-0.3, -0.25) is 4.57 Å². The monoisotopic (exact) mass is 313 g/mol. The highest BCUT2D eigenvalue weighted by Gasteiger charge is 2.33. The standard InChI is InChI=1S/C18H20FN3O/c19-17-4-2-1-3-16(17)14-6-8-22(11-14)18(23)20-15-9-13-5-7-21(10-13)12-15/h1-4,6,8,11,13,15H,5,7,9-10,12H2,(H,20,23)/t13-,15-/m1/s1. The predicted molar refractivity (Wildman–Crippen MR) is 86.7 cm³/mol. The molecule has 1 amide bonds. The summed E-state index contributed by atoms with van der Waals surface area (Å²) in [6.07, 6.45) is 5.68. The van der Waals surface area contributed by atoms with E-state index in [2.05, 4.69) is 10.2 Å². The molecule has 0 spiro atoms. The Morgan fingerprint density at radius 2 is 2.09 bits per heavy atom. The fraction of sp³-hybridized carbons (Fsp3) is 0.389. The van der Waals surface area contributed by atoms with Gasteiger partial charge in [0.05, 0.1) is 0 Å². The summed E-state index contributed by atoms with van der Waals surface area (Å²) in [5.41, 5.74) is 1.23. The van der Waals surface area contributed by atoms with Crippen molar-refractivity contribution >= 4 is 6.03 Å². The second kappa shape index (κ2) is 5.81. The minimum Gasteiger partial charge on any atom is -0.333 e. The number of nitrogens with zero attached hydrogens (tertiary/aromatic N) is 2. The minimum absolute atomic E-state index is 0.139. The first-order chi connectivity index (χ1) is 11.2. The van der Waals surface area contributed by atoms with Crippen molar-refractivity contribution in [3.05, 3.63) is 48.5 Å². The molecular formula is C18H20FN3O. The van der Waals surface area contributed by atoms with Crippen LogP contribution in [0.25, 0.3) is 11.1 Å². The van der Waals surface area contributed by atoms with E-state index in [-0.39, 0.29) is 17.9 Å². The highest BCUT2D eigenvalue weighted by Crippen LogP contribution is 2.27. The van der Waals surface area contributed by atoms with Crippen molar-refractivity contribution in [3.8, 4) is 11.1 Å². The quantitative estimate of drug-likeness (QED) is 0.925. The Morgan fingerprint density at radius 3 is 2.91 bits per heavy atom. The third-order valence-corrected chi connectivity index (χ3v) is 4.91. The summed E-state index contributed by atoms with van der Waals surface area (Å²) in [7, 11) is 0. The van der Waals surface area contributed by atoms with E-state index in [1.54, 1.807) is 36.7 Å². The molecule has 0 aliphatic carbocycles. The zero-order valence-corrected chi connectivity index (χ0v) is 12.9. The maximum absolute atomic E-state index is 13.8. The van der Waals surface area contributed by atoms with Crippen LogP contribution in [0.2, 0.25) is 0 Å². The maximum Gasteiger partial charge on any atom is 0.325 e. The molecule has 2 aliphatic heterocycles. The van der Waals surface area contributed by atoms with Gasteiger partial charge in [0.1, 0.15) is 5.82 Å². The predicted octanol–water partition coefficient (Wildman–Crippen LogP) is 2.95. The van der Waals surface area contributed by atoms with Crippen LogP contribution in [0.15, 0.2) is 42.7 Å². The van der Waals surface area contributed by atoms with Crippen LogP contribution < -0.4 is 5.32 Å². The summed E-state index contributed by atoms with van der Waals surface area (Å²) in [5.74, 6) is 0.440. The normalized spacial score (nSPS) is 26.2. The molecule has 2 fully saturated rings. The number of hydrogen-bond donors (Lipinski definition) is 1. The molecule has 1 aromatic heterocycles. The number of aromatic nitrogens is 1. The maximum atomic E-state index is 13.8. The number of amides is 1. The van der Waals surface area contributed by atoms with E-state index < -0.39 is 0 Å². The molecule has 23 heavy (non-hydrogen) atoms. The molecule has 1 N–H and O–H groups in total. The SMILES string of the molecule is O=C(N[C@@H]1C[C@H]2CCN(C2)C1)n1ccc(-c2ccccc2F)c1. The zero-order valence-electron chi connectivity index (χ0n) is 12.9. The Hall–Kier alpha value is -2.14. The van der Waals surface area contributed by atoms with Crippen molar-refractivity contribution in [2.24, 2.45) is 5.92 Å². The van der Waals surface area contributed by atoms with Gasteiger partial charge in [-0.05, 0) is 37.4 Å². The van der Waals surface area contributed by atoms with Crippen LogP contribution in [0, 0.1) is 11.7 Å². The molecule has 3 atom stereocenters. The summed E-state index contributed by atoms with van der Waals surface area (Å²) in [6, 6.07) is 8.45. The Kier molecular flexibility index (Phi) is 3.65. The van der Waals surface area contributed by atoms with Gasteiger partial charge in [0, 0.05) is 42.7 Å². The van der Waals surface area contributed by atoms with Gasteiger partial charge in [-0.1, -0.05) is 18.2 Å². The van der Waals surface area contributed by atoms with Crippen molar-refractivity contribution in [2.45, 2.75) is 18.9 Å². The molecular weight excluding hydrogens is 293 g/mol. The van der Waals surface area contributed by atoms with Gasteiger partial charge in [0.15, 0.2) is 0 Å². The van der Waals surface area contributed by atoms with Crippen LogP contribution in [0.1, 0.15) is 12.8 Å². The molecule has 0 saturated carbocycles.